The Balaban J connectivity index is 0.00000210. The van der Waals surface area contributed by atoms with Gasteiger partial charge in [0, 0.05) is 30.8 Å². The summed E-state index contributed by atoms with van der Waals surface area (Å²) in [5, 5.41) is 10.6. The van der Waals surface area contributed by atoms with E-state index in [1.165, 1.54) is 12.1 Å². The van der Waals surface area contributed by atoms with Crippen LogP contribution in [0, 0.1) is 11.6 Å². The zero-order valence-electron chi connectivity index (χ0n) is 14.9. The number of aromatic nitrogens is 2. The molecule has 1 aromatic carbocycles. The van der Waals surface area contributed by atoms with Crippen LogP contribution in [0.15, 0.2) is 30.5 Å². The number of rotatable bonds is 5. The van der Waals surface area contributed by atoms with Crippen LogP contribution in [0.2, 0.25) is 0 Å². The Morgan fingerprint density at radius 2 is 2.15 bits per heavy atom. The molecule has 2 N–H and O–H groups in total. The largest absolute Gasteiger partial charge is 0.350 e. The summed E-state index contributed by atoms with van der Waals surface area (Å²) >= 11 is 0. The average Bonchev–Trinajstić information content (AvgIpc) is 3.26. The third-order valence-corrected chi connectivity index (χ3v) is 5.43. The first-order valence-corrected chi connectivity index (χ1v) is 9.07. The van der Waals surface area contributed by atoms with Crippen molar-refractivity contribution < 1.29 is 13.6 Å². The minimum atomic E-state index is -0.589. The van der Waals surface area contributed by atoms with Crippen LogP contribution >= 0.6 is 12.4 Å². The van der Waals surface area contributed by atoms with E-state index in [0.29, 0.717) is 17.8 Å². The predicted octanol–water partition coefficient (Wildman–Crippen LogP) is 2.97. The van der Waals surface area contributed by atoms with Gasteiger partial charge in [0.15, 0.2) is 0 Å². The molecule has 1 unspecified atom stereocenters. The van der Waals surface area contributed by atoms with Gasteiger partial charge in [0.1, 0.15) is 17.3 Å². The molecule has 1 aliphatic carbocycles. The van der Waals surface area contributed by atoms with Gasteiger partial charge in [0.25, 0.3) is 5.91 Å². The van der Waals surface area contributed by atoms with Gasteiger partial charge in [-0.25, -0.2) is 8.78 Å². The Labute approximate surface area is 162 Å². The zero-order valence-corrected chi connectivity index (χ0v) is 15.7. The molecule has 1 saturated carbocycles. The van der Waals surface area contributed by atoms with E-state index >= 15 is 0 Å². The standard InChI is InChI=1S/C19H22F2N4O.ClH/c20-13-3-4-15(16(21)10-13)19(6-7-19)12-23-18(26)17-5-9-25(24-17)14-2-1-8-22-11-14;/h3-5,9-10,14,22H,1-2,6-8,11-12H2,(H,23,26);1H. The molecule has 1 amide bonds. The van der Waals surface area contributed by atoms with Crippen LogP contribution in [0.25, 0.3) is 0 Å². The topological polar surface area (TPSA) is 59.0 Å². The van der Waals surface area contributed by atoms with Gasteiger partial charge >= 0.3 is 0 Å². The van der Waals surface area contributed by atoms with E-state index < -0.39 is 17.0 Å². The fraction of sp³-hybridized carbons (Fsp3) is 0.474. The first-order valence-electron chi connectivity index (χ1n) is 9.07. The molecule has 146 valence electrons. The van der Waals surface area contributed by atoms with Crippen molar-refractivity contribution in [2.75, 3.05) is 19.6 Å². The van der Waals surface area contributed by atoms with E-state index in [2.05, 4.69) is 15.7 Å². The SMILES string of the molecule is Cl.O=C(NCC1(c2ccc(F)cc2F)CC1)c1ccn(C2CCCNC2)n1. The zero-order chi connectivity index (χ0) is 18.1. The molecule has 2 fully saturated rings. The smallest absolute Gasteiger partial charge is 0.271 e. The van der Waals surface area contributed by atoms with Gasteiger partial charge in [0.2, 0.25) is 0 Å². The predicted molar refractivity (Wildman–Crippen MR) is 100 cm³/mol. The normalized spacial score (nSPS) is 20.6. The Kier molecular flexibility index (Phi) is 5.81. The number of hydrogen-bond acceptors (Lipinski definition) is 3. The molecule has 0 spiro atoms. The summed E-state index contributed by atoms with van der Waals surface area (Å²) < 4.78 is 29.0. The third-order valence-electron chi connectivity index (χ3n) is 5.43. The molecule has 2 aromatic rings. The highest BCUT2D eigenvalue weighted by Crippen LogP contribution is 2.48. The summed E-state index contributed by atoms with van der Waals surface area (Å²) in [6, 6.07) is 5.63. The van der Waals surface area contributed by atoms with E-state index in [0.717, 1.165) is 44.8 Å². The quantitative estimate of drug-likeness (QED) is 0.816. The van der Waals surface area contributed by atoms with E-state index in [-0.39, 0.29) is 24.4 Å². The number of nitrogens with zero attached hydrogens (tertiary/aromatic N) is 2. The summed E-state index contributed by atoms with van der Waals surface area (Å²) in [5.41, 5.74) is 0.410. The third kappa shape index (κ3) is 4.14. The molecule has 2 aliphatic rings. The summed E-state index contributed by atoms with van der Waals surface area (Å²) in [6.07, 6.45) is 5.52. The molecule has 27 heavy (non-hydrogen) atoms. The van der Waals surface area contributed by atoms with Crippen molar-refractivity contribution in [1.82, 2.24) is 20.4 Å². The van der Waals surface area contributed by atoms with Gasteiger partial charge in [-0.05, 0) is 49.9 Å². The second-order valence-electron chi connectivity index (χ2n) is 7.27. The molecule has 1 saturated heterocycles. The van der Waals surface area contributed by atoms with Gasteiger partial charge < -0.3 is 10.6 Å². The number of hydrogen-bond donors (Lipinski definition) is 2. The second-order valence-corrected chi connectivity index (χ2v) is 7.27. The first-order chi connectivity index (χ1) is 12.6. The molecule has 1 atom stereocenters. The molecule has 2 heterocycles. The molecule has 1 aliphatic heterocycles. The second kappa shape index (κ2) is 7.94. The maximum atomic E-state index is 14.1. The van der Waals surface area contributed by atoms with Gasteiger partial charge in [-0.2, -0.15) is 5.10 Å². The monoisotopic (exact) mass is 396 g/mol. The summed E-state index contributed by atoms with van der Waals surface area (Å²) in [6.45, 7) is 2.20. The minimum absolute atomic E-state index is 0. The van der Waals surface area contributed by atoms with E-state index in [1.54, 1.807) is 6.07 Å². The first kappa shape index (κ1) is 19.8. The van der Waals surface area contributed by atoms with Crippen LogP contribution in [0.5, 0.6) is 0 Å². The van der Waals surface area contributed by atoms with Crippen LogP contribution < -0.4 is 10.6 Å². The lowest BCUT2D eigenvalue weighted by Gasteiger charge is -2.22. The van der Waals surface area contributed by atoms with Crippen molar-refractivity contribution in [3.05, 3.63) is 53.4 Å². The number of nitrogens with one attached hydrogen (secondary N) is 2. The summed E-state index contributed by atoms with van der Waals surface area (Å²) in [5.74, 6) is -1.40. The van der Waals surface area contributed by atoms with Crippen molar-refractivity contribution >= 4 is 18.3 Å². The molecule has 0 bridgehead atoms. The maximum Gasteiger partial charge on any atom is 0.271 e. The number of carbonyl (C=O) groups is 1. The van der Waals surface area contributed by atoms with E-state index in [1.807, 2.05) is 10.9 Å². The van der Waals surface area contributed by atoms with Crippen molar-refractivity contribution in [3.8, 4) is 0 Å². The van der Waals surface area contributed by atoms with Crippen LogP contribution in [-0.4, -0.2) is 35.3 Å². The minimum Gasteiger partial charge on any atom is -0.350 e. The molecular weight excluding hydrogens is 374 g/mol. The molecular formula is C19H23ClF2N4O. The Morgan fingerprint density at radius 3 is 2.81 bits per heavy atom. The van der Waals surface area contributed by atoms with E-state index in [9.17, 15) is 13.6 Å². The van der Waals surface area contributed by atoms with Crippen LogP contribution in [0.1, 0.15) is 47.8 Å². The number of piperidine rings is 1. The highest BCUT2D eigenvalue weighted by atomic mass is 35.5. The van der Waals surface area contributed by atoms with Crippen molar-refractivity contribution in [2.45, 2.75) is 37.1 Å². The number of halogens is 3. The lowest BCUT2D eigenvalue weighted by molar-refractivity contribution is 0.0943. The van der Waals surface area contributed by atoms with Gasteiger partial charge in [-0.15, -0.1) is 12.4 Å². The summed E-state index contributed by atoms with van der Waals surface area (Å²) in [7, 11) is 0. The van der Waals surface area contributed by atoms with Crippen LogP contribution in [-0.2, 0) is 5.41 Å². The fourth-order valence-corrected chi connectivity index (χ4v) is 3.67. The lowest BCUT2D eigenvalue weighted by atomic mass is 9.95. The molecule has 0 radical (unpaired) electrons. The van der Waals surface area contributed by atoms with Gasteiger partial charge in [0.05, 0.1) is 6.04 Å². The van der Waals surface area contributed by atoms with E-state index in [4.69, 9.17) is 0 Å². The van der Waals surface area contributed by atoms with Crippen LogP contribution in [0.4, 0.5) is 8.78 Å². The van der Waals surface area contributed by atoms with Crippen molar-refractivity contribution in [1.29, 1.82) is 0 Å². The Morgan fingerprint density at radius 1 is 1.33 bits per heavy atom. The molecule has 4 rings (SSSR count). The van der Waals surface area contributed by atoms with Crippen molar-refractivity contribution in [2.24, 2.45) is 0 Å². The number of carbonyl (C=O) groups excluding carboxylic acids is 1. The lowest BCUT2D eigenvalue weighted by Crippen LogP contribution is -2.34. The van der Waals surface area contributed by atoms with Crippen LogP contribution in [0.3, 0.4) is 0 Å². The van der Waals surface area contributed by atoms with Crippen molar-refractivity contribution in [3.63, 3.8) is 0 Å². The summed E-state index contributed by atoms with van der Waals surface area (Å²) in [4.78, 5) is 12.4. The highest BCUT2D eigenvalue weighted by molar-refractivity contribution is 5.92. The molecule has 8 heteroatoms. The highest BCUT2D eigenvalue weighted by Gasteiger charge is 2.46. The Hall–Kier alpha value is -1.99. The average molecular weight is 397 g/mol. The molecule has 5 nitrogen and oxygen atoms in total. The fourth-order valence-electron chi connectivity index (χ4n) is 3.67. The van der Waals surface area contributed by atoms with Gasteiger partial charge in [-0.3, -0.25) is 9.48 Å². The maximum absolute atomic E-state index is 14.1. The number of amides is 1. The molecule has 1 aromatic heterocycles. The number of benzene rings is 1. The Bertz CT molecular complexity index is 816. The van der Waals surface area contributed by atoms with Gasteiger partial charge in [-0.1, -0.05) is 6.07 Å².